The Morgan fingerprint density at radius 2 is 1.30 bits per heavy atom. The van der Waals surface area contributed by atoms with Crippen molar-refractivity contribution in [1.82, 2.24) is 0 Å². The van der Waals surface area contributed by atoms with E-state index in [1.165, 1.54) is 63.1 Å². The van der Waals surface area contributed by atoms with Crippen molar-refractivity contribution in [2.24, 2.45) is 0 Å². The summed E-state index contributed by atoms with van der Waals surface area (Å²) in [6, 6.07) is 3.83. The Labute approximate surface area is 139 Å². The third-order valence-electron chi connectivity index (χ3n) is 3.84. The van der Waals surface area contributed by atoms with Gasteiger partial charge in [-0.25, -0.2) is 0 Å². The molecule has 130 valence electrons. The van der Waals surface area contributed by atoms with Gasteiger partial charge in [0.1, 0.15) is 17.2 Å². The van der Waals surface area contributed by atoms with Gasteiger partial charge in [-0.15, -0.1) is 0 Å². The molecule has 0 fully saturated rings. The maximum atomic E-state index is 11.7. The molecule has 23 heavy (non-hydrogen) atoms. The summed E-state index contributed by atoms with van der Waals surface area (Å²) in [5.41, 5.74) is 0. The first-order valence-corrected chi connectivity index (χ1v) is 8.85. The Hall–Kier alpha value is -1.71. The van der Waals surface area contributed by atoms with E-state index in [-0.39, 0.29) is 23.2 Å². The van der Waals surface area contributed by atoms with Crippen LogP contribution in [0.3, 0.4) is 0 Å². The Kier molecular flexibility index (Phi) is 9.92. The van der Waals surface area contributed by atoms with Crippen LogP contribution in [-0.4, -0.2) is 16.2 Å². The lowest BCUT2D eigenvalue weighted by Gasteiger charge is -2.06. The van der Waals surface area contributed by atoms with Crippen molar-refractivity contribution in [1.29, 1.82) is 0 Å². The van der Waals surface area contributed by atoms with Crippen molar-refractivity contribution in [3.05, 3.63) is 18.2 Å². The monoisotopic (exact) mass is 322 g/mol. The molecule has 0 atom stereocenters. The van der Waals surface area contributed by atoms with Gasteiger partial charge < -0.3 is 14.9 Å². The summed E-state index contributed by atoms with van der Waals surface area (Å²) in [4.78, 5) is 11.7. The molecule has 0 bridgehead atoms. The molecule has 2 N–H and O–H groups in total. The fourth-order valence-electron chi connectivity index (χ4n) is 2.57. The van der Waals surface area contributed by atoms with Crippen LogP contribution in [0.2, 0.25) is 0 Å². The zero-order valence-electron chi connectivity index (χ0n) is 14.2. The molecule has 0 spiro atoms. The minimum absolute atomic E-state index is 0.119. The number of ether oxygens (including phenoxy) is 1. The molecule has 0 aliphatic rings. The second-order valence-electron chi connectivity index (χ2n) is 6.09. The van der Waals surface area contributed by atoms with Crippen molar-refractivity contribution in [2.45, 2.75) is 77.6 Å². The van der Waals surface area contributed by atoms with Crippen molar-refractivity contribution in [3.63, 3.8) is 0 Å². The maximum absolute atomic E-state index is 11.7. The van der Waals surface area contributed by atoms with E-state index in [9.17, 15) is 15.0 Å². The molecule has 4 nitrogen and oxygen atoms in total. The van der Waals surface area contributed by atoms with Crippen molar-refractivity contribution < 1.29 is 19.7 Å². The summed E-state index contributed by atoms with van der Waals surface area (Å²) >= 11 is 0. The number of aromatic hydroxyl groups is 2. The molecule has 0 heterocycles. The number of unbranched alkanes of at least 4 members (excludes halogenated alkanes) is 9. The van der Waals surface area contributed by atoms with Crippen LogP contribution in [0.25, 0.3) is 0 Å². The van der Waals surface area contributed by atoms with Gasteiger partial charge in [0, 0.05) is 24.6 Å². The molecule has 0 saturated carbocycles. The minimum atomic E-state index is -0.324. The molecule has 0 amide bonds. The molecular formula is C19H30O4. The Balaban J connectivity index is 2.02. The number of rotatable bonds is 12. The van der Waals surface area contributed by atoms with Crippen molar-refractivity contribution in [3.8, 4) is 17.2 Å². The van der Waals surface area contributed by atoms with E-state index in [1.807, 2.05) is 0 Å². The van der Waals surface area contributed by atoms with Crippen LogP contribution in [0.4, 0.5) is 0 Å². The number of carbonyl (C=O) groups is 1. The summed E-state index contributed by atoms with van der Waals surface area (Å²) in [7, 11) is 0. The van der Waals surface area contributed by atoms with Gasteiger partial charge in [-0.05, 0) is 6.42 Å². The van der Waals surface area contributed by atoms with Gasteiger partial charge >= 0.3 is 5.97 Å². The van der Waals surface area contributed by atoms with Crippen LogP contribution in [0.15, 0.2) is 18.2 Å². The number of phenolic OH excluding ortho intramolecular Hbond substituents is 2. The molecule has 4 heteroatoms. The summed E-state index contributed by atoms with van der Waals surface area (Å²) in [6.45, 7) is 2.23. The normalized spacial score (nSPS) is 10.7. The topological polar surface area (TPSA) is 66.8 Å². The molecule has 0 aliphatic carbocycles. The number of esters is 1. The smallest absolute Gasteiger partial charge is 0.311 e. The van der Waals surface area contributed by atoms with Crippen molar-refractivity contribution in [2.75, 3.05) is 0 Å². The third-order valence-corrected chi connectivity index (χ3v) is 3.84. The first-order valence-electron chi connectivity index (χ1n) is 8.85. The highest BCUT2D eigenvalue weighted by Crippen LogP contribution is 2.26. The molecule has 0 saturated heterocycles. The van der Waals surface area contributed by atoms with Crippen LogP contribution in [0.5, 0.6) is 17.2 Å². The molecule has 0 radical (unpaired) electrons. The quantitative estimate of drug-likeness (QED) is 0.311. The molecule has 0 aromatic heterocycles. The second-order valence-corrected chi connectivity index (χ2v) is 6.09. The van der Waals surface area contributed by atoms with Gasteiger partial charge in [-0.1, -0.05) is 64.7 Å². The Morgan fingerprint density at radius 3 is 1.83 bits per heavy atom. The first-order chi connectivity index (χ1) is 11.1. The highest BCUT2D eigenvalue weighted by Gasteiger charge is 2.07. The zero-order chi connectivity index (χ0) is 16.9. The average molecular weight is 322 g/mol. The lowest BCUT2D eigenvalue weighted by atomic mass is 10.1. The summed E-state index contributed by atoms with van der Waals surface area (Å²) in [6.07, 6.45) is 12.6. The molecule has 1 aromatic carbocycles. The predicted octanol–water partition coefficient (Wildman–Crippen LogP) is 5.31. The highest BCUT2D eigenvalue weighted by molar-refractivity contribution is 5.72. The van der Waals surface area contributed by atoms with Crippen LogP contribution in [0, 0.1) is 0 Å². The van der Waals surface area contributed by atoms with E-state index in [0.717, 1.165) is 19.3 Å². The second kappa shape index (κ2) is 11.8. The molecule has 0 unspecified atom stereocenters. The Morgan fingerprint density at radius 1 is 0.826 bits per heavy atom. The predicted molar refractivity (Wildman–Crippen MR) is 91.9 cm³/mol. The van der Waals surface area contributed by atoms with E-state index in [0.29, 0.717) is 6.42 Å². The van der Waals surface area contributed by atoms with Gasteiger partial charge in [0.2, 0.25) is 0 Å². The molecule has 1 rings (SSSR count). The molecular weight excluding hydrogens is 292 g/mol. The lowest BCUT2D eigenvalue weighted by molar-refractivity contribution is -0.134. The van der Waals surface area contributed by atoms with Gasteiger partial charge in [-0.3, -0.25) is 4.79 Å². The molecule has 1 aromatic rings. The fraction of sp³-hybridized carbons (Fsp3) is 0.632. The summed E-state index contributed by atoms with van der Waals surface area (Å²) in [5.74, 6) is -0.382. The lowest BCUT2D eigenvalue weighted by Crippen LogP contribution is -2.07. The Bertz CT molecular complexity index is 436. The number of hydrogen-bond acceptors (Lipinski definition) is 4. The highest BCUT2D eigenvalue weighted by atomic mass is 16.5. The summed E-state index contributed by atoms with van der Waals surface area (Å²) in [5, 5.41) is 18.6. The van der Waals surface area contributed by atoms with E-state index < -0.39 is 0 Å². The van der Waals surface area contributed by atoms with Crippen LogP contribution >= 0.6 is 0 Å². The van der Waals surface area contributed by atoms with Crippen LogP contribution < -0.4 is 4.74 Å². The SMILES string of the molecule is CCCCCCCCCCCCC(=O)Oc1cc(O)cc(O)c1. The number of hydrogen-bond donors (Lipinski definition) is 2. The van der Waals surface area contributed by atoms with E-state index in [2.05, 4.69) is 6.92 Å². The van der Waals surface area contributed by atoms with E-state index in [4.69, 9.17) is 4.74 Å². The van der Waals surface area contributed by atoms with E-state index in [1.54, 1.807) is 0 Å². The number of benzene rings is 1. The zero-order valence-corrected chi connectivity index (χ0v) is 14.2. The summed E-state index contributed by atoms with van der Waals surface area (Å²) < 4.78 is 5.10. The van der Waals surface area contributed by atoms with Crippen LogP contribution in [0.1, 0.15) is 77.6 Å². The van der Waals surface area contributed by atoms with Gasteiger partial charge in [0.25, 0.3) is 0 Å². The van der Waals surface area contributed by atoms with Gasteiger partial charge in [0.05, 0.1) is 0 Å². The van der Waals surface area contributed by atoms with Crippen LogP contribution in [-0.2, 0) is 4.79 Å². The fourth-order valence-corrected chi connectivity index (χ4v) is 2.57. The van der Waals surface area contributed by atoms with E-state index >= 15 is 0 Å². The number of carbonyl (C=O) groups excluding carboxylic acids is 1. The van der Waals surface area contributed by atoms with Gasteiger partial charge in [0.15, 0.2) is 0 Å². The van der Waals surface area contributed by atoms with Crippen molar-refractivity contribution >= 4 is 5.97 Å². The number of phenols is 2. The minimum Gasteiger partial charge on any atom is -0.508 e. The molecule has 0 aliphatic heterocycles. The third kappa shape index (κ3) is 9.82. The average Bonchev–Trinajstić information content (AvgIpc) is 2.48. The van der Waals surface area contributed by atoms with Gasteiger partial charge in [-0.2, -0.15) is 0 Å². The first kappa shape index (κ1) is 19.3. The largest absolute Gasteiger partial charge is 0.508 e. The maximum Gasteiger partial charge on any atom is 0.311 e. The standard InChI is InChI=1S/C19H30O4/c1-2-3-4-5-6-7-8-9-10-11-12-19(22)23-18-14-16(20)13-17(21)15-18/h13-15,20-21H,2-12H2,1H3.